The van der Waals surface area contributed by atoms with Crippen molar-refractivity contribution in [3.8, 4) is 11.1 Å². The standard InChI is InChI=1S/C24H24ClN3O2/c25-21-8-6-19(7-9-21)22-4-2-1-3-20(22)16-27-24(29)23-10-5-18(15-26-23)17-28-11-13-30-14-12-28/h1-10,15H,11-14,16-17H2,(H,27,29). The molecule has 154 valence electrons. The average Bonchev–Trinajstić information content (AvgIpc) is 2.79. The van der Waals surface area contributed by atoms with Gasteiger partial charge in [0.05, 0.1) is 13.2 Å². The van der Waals surface area contributed by atoms with E-state index in [-0.39, 0.29) is 5.91 Å². The van der Waals surface area contributed by atoms with E-state index in [1.54, 1.807) is 12.3 Å². The molecule has 0 aliphatic carbocycles. The molecule has 1 aliphatic rings. The van der Waals surface area contributed by atoms with E-state index < -0.39 is 0 Å². The highest BCUT2D eigenvalue weighted by molar-refractivity contribution is 6.30. The number of amides is 1. The molecule has 0 atom stereocenters. The van der Waals surface area contributed by atoms with Gasteiger partial charge in [0, 0.05) is 37.4 Å². The quantitative estimate of drug-likeness (QED) is 0.649. The Balaban J connectivity index is 1.38. The van der Waals surface area contributed by atoms with Crippen molar-refractivity contribution in [1.29, 1.82) is 0 Å². The van der Waals surface area contributed by atoms with Crippen molar-refractivity contribution in [3.05, 3.63) is 88.7 Å². The fourth-order valence-corrected chi connectivity index (χ4v) is 3.65. The summed E-state index contributed by atoms with van der Waals surface area (Å²) < 4.78 is 5.38. The summed E-state index contributed by atoms with van der Waals surface area (Å²) in [7, 11) is 0. The van der Waals surface area contributed by atoms with Crippen LogP contribution in [0.1, 0.15) is 21.6 Å². The van der Waals surface area contributed by atoms with E-state index in [0.717, 1.165) is 55.1 Å². The van der Waals surface area contributed by atoms with Crippen LogP contribution in [0.5, 0.6) is 0 Å². The number of carbonyl (C=O) groups is 1. The molecule has 2 aromatic carbocycles. The molecule has 30 heavy (non-hydrogen) atoms. The first-order valence-corrected chi connectivity index (χ1v) is 10.4. The number of hydrogen-bond donors (Lipinski definition) is 1. The number of benzene rings is 2. The van der Waals surface area contributed by atoms with E-state index in [2.05, 4.69) is 15.2 Å². The zero-order chi connectivity index (χ0) is 20.8. The maximum atomic E-state index is 12.6. The first-order valence-electron chi connectivity index (χ1n) is 10.1. The second-order valence-electron chi connectivity index (χ2n) is 7.29. The van der Waals surface area contributed by atoms with Crippen LogP contribution in [0.3, 0.4) is 0 Å². The number of halogens is 1. The van der Waals surface area contributed by atoms with Gasteiger partial charge in [0.2, 0.25) is 0 Å². The molecule has 0 unspecified atom stereocenters. The Morgan fingerprint density at radius 1 is 1.03 bits per heavy atom. The Morgan fingerprint density at radius 2 is 1.80 bits per heavy atom. The Labute approximate surface area is 181 Å². The summed E-state index contributed by atoms with van der Waals surface area (Å²) in [5.74, 6) is -0.182. The Hall–Kier alpha value is -2.73. The third kappa shape index (κ3) is 5.25. The third-order valence-corrected chi connectivity index (χ3v) is 5.43. The molecule has 2 heterocycles. The highest BCUT2D eigenvalue weighted by atomic mass is 35.5. The van der Waals surface area contributed by atoms with E-state index in [1.165, 1.54) is 0 Å². The van der Waals surface area contributed by atoms with Gasteiger partial charge in [-0.05, 0) is 40.5 Å². The number of hydrogen-bond acceptors (Lipinski definition) is 4. The van der Waals surface area contributed by atoms with Gasteiger partial charge in [-0.1, -0.05) is 54.1 Å². The summed E-state index contributed by atoms with van der Waals surface area (Å²) in [5.41, 5.74) is 4.70. The van der Waals surface area contributed by atoms with Gasteiger partial charge in [0.15, 0.2) is 0 Å². The minimum Gasteiger partial charge on any atom is -0.379 e. The van der Waals surface area contributed by atoms with Crippen LogP contribution in [0.4, 0.5) is 0 Å². The van der Waals surface area contributed by atoms with Gasteiger partial charge in [-0.25, -0.2) is 0 Å². The Morgan fingerprint density at radius 3 is 2.53 bits per heavy atom. The minimum absolute atomic E-state index is 0.182. The van der Waals surface area contributed by atoms with Crippen LogP contribution < -0.4 is 5.32 Å². The summed E-state index contributed by atoms with van der Waals surface area (Å²) >= 11 is 6.00. The lowest BCUT2D eigenvalue weighted by atomic mass is 10.00. The normalized spacial score (nSPS) is 14.4. The molecule has 0 radical (unpaired) electrons. The lowest BCUT2D eigenvalue weighted by Gasteiger charge is -2.26. The lowest BCUT2D eigenvalue weighted by Crippen LogP contribution is -2.35. The predicted octanol–water partition coefficient (Wildman–Crippen LogP) is 4.16. The highest BCUT2D eigenvalue weighted by Crippen LogP contribution is 2.25. The fourth-order valence-electron chi connectivity index (χ4n) is 3.52. The first kappa shape index (κ1) is 20.5. The van der Waals surface area contributed by atoms with Crippen LogP contribution in [0.25, 0.3) is 11.1 Å². The second-order valence-corrected chi connectivity index (χ2v) is 7.72. The van der Waals surface area contributed by atoms with Crippen LogP contribution >= 0.6 is 11.6 Å². The molecule has 5 nitrogen and oxygen atoms in total. The van der Waals surface area contributed by atoms with Gasteiger partial charge < -0.3 is 10.1 Å². The number of nitrogens with zero attached hydrogens (tertiary/aromatic N) is 2. The summed E-state index contributed by atoms with van der Waals surface area (Å²) in [4.78, 5) is 19.3. The number of aromatic nitrogens is 1. The summed E-state index contributed by atoms with van der Waals surface area (Å²) in [6.45, 7) is 4.64. The van der Waals surface area contributed by atoms with E-state index >= 15 is 0 Å². The van der Waals surface area contributed by atoms with Crippen LogP contribution in [0.15, 0.2) is 66.9 Å². The second kappa shape index (κ2) is 9.85. The van der Waals surface area contributed by atoms with E-state index in [4.69, 9.17) is 16.3 Å². The molecule has 3 aromatic rings. The molecule has 6 heteroatoms. The van der Waals surface area contributed by atoms with E-state index in [9.17, 15) is 4.79 Å². The molecule has 1 aliphatic heterocycles. The molecular weight excluding hydrogens is 398 g/mol. The number of rotatable bonds is 6. The molecule has 1 amide bonds. The van der Waals surface area contributed by atoms with Crippen LogP contribution in [-0.4, -0.2) is 42.1 Å². The molecule has 1 N–H and O–H groups in total. The van der Waals surface area contributed by atoms with Gasteiger partial charge in [-0.15, -0.1) is 0 Å². The molecule has 0 saturated carbocycles. The summed E-state index contributed by atoms with van der Waals surface area (Å²) in [5, 5.41) is 3.68. The summed E-state index contributed by atoms with van der Waals surface area (Å²) in [6, 6.07) is 19.5. The lowest BCUT2D eigenvalue weighted by molar-refractivity contribution is 0.0341. The average molecular weight is 422 g/mol. The number of morpholine rings is 1. The van der Waals surface area contributed by atoms with Crippen molar-refractivity contribution in [2.24, 2.45) is 0 Å². The largest absolute Gasteiger partial charge is 0.379 e. The van der Waals surface area contributed by atoms with Gasteiger partial charge in [0.1, 0.15) is 5.69 Å². The van der Waals surface area contributed by atoms with Crippen molar-refractivity contribution in [2.45, 2.75) is 13.1 Å². The number of carbonyl (C=O) groups excluding carboxylic acids is 1. The molecule has 1 aromatic heterocycles. The number of nitrogens with one attached hydrogen (secondary N) is 1. The van der Waals surface area contributed by atoms with Crippen LogP contribution in [-0.2, 0) is 17.8 Å². The molecule has 0 bridgehead atoms. The minimum atomic E-state index is -0.182. The Kier molecular flexibility index (Phi) is 6.74. The van der Waals surface area contributed by atoms with Crippen LogP contribution in [0, 0.1) is 0 Å². The Bertz CT molecular complexity index is 984. The van der Waals surface area contributed by atoms with Gasteiger partial charge in [-0.3, -0.25) is 14.7 Å². The van der Waals surface area contributed by atoms with Crippen molar-refractivity contribution >= 4 is 17.5 Å². The maximum absolute atomic E-state index is 12.6. The number of ether oxygens (including phenoxy) is 1. The monoisotopic (exact) mass is 421 g/mol. The van der Waals surface area contributed by atoms with Gasteiger partial charge >= 0.3 is 0 Å². The maximum Gasteiger partial charge on any atom is 0.270 e. The van der Waals surface area contributed by atoms with Crippen molar-refractivity contribution in [1.82, 2.24) is 15.2 Å². The molecule has 1 fully saturated rings. The molecule has 1 saturated heterocycles. The first-order chi connectivity index (χ1) is 14.7. The zero-order valence-corrected chi connectivity index (χ0v) is 17.4. The van der Waals surface area contributed by atoms with Gasteiger partial charge in [-0.2, -0.15) is 0 Å². The van der Waals surface area contributed by atoms with E-state index in [0.29, 0.717) is 17.3 Å². The van der Waals surface area contributed by atoms with Crippen molar-refractivity contribution in [3.63, 3.8) is 0 Å². The molecule has 4 rings (SSSR count). The van der Waals surface area contributed by atoms with Gasteiger partial charge in [0.25, 0.3) is 5.91 Å². The van der Waals surface area contributed by atoms with Crippen LogP contribution in [0.2, 0.25) is 5.02 Å². The van der Waals surface area contributed by atoms with Crippen molar-refractivity contribution < 1.29 is 9.53 Å². The topological polar surface area (TPSA) is 54.5 Å². The highest BCUT2D eigenvalue weighted by Gasteiger charge is 2.13. The smallest absolute Gasteiger partial charge is 0.270 e. The molecule has 0 spiro atoms. The third-order valence-electron chi connectivity index (χ3n) is 5.18. The molecular formula is C24H24ClN3O2. The van der Waals surface area contributed by atoms with E-state index in [1.807, 2.05) is 54.6 Å². The SMILES string of the molecule is O=C(NCc1ccccc1-c1ccc(Cl)cc1)c1ccc(CN2CCOCC2)cn1. The number of pyridine rings is 1. The summed E-state index contributed by atoms with van der Waals surface area (Å²) in [6.07, 6.45) is 1.78. The van der Waals surface area contributed by atoms with Crippen molar-refractivity contribution in [2.75, 3.05) is 26.3 Å². The predicted molar refractivity (Wildman–Crippen MR) is 118 cm³/mol. The zero-order valence-electron chi connectivity index (χ0n) is 16.7. The fraction of sp³-hybridized carbons (Fsp3) is 0.250.